The second-order valence-corrected chi connectivity index (χ2v) is 8.41. The average molecular weight is 426 g/mol. The minimum Gasteiger partial charge on any atom is -0.385 e. The number of carbonyl (C=O) groups is 1. The molecule has 32 heavy (non-hydrogen) atoms. The minimum atomic E-state index is 0.0262. The van der Waals surface area contributed by atoms with Gasteiger partial charge in [0.2, 0.25) is 0 Å². The lowest BCUT2D eigenvalue weighted by atomic mass is 9.94. The number of allylic oxidation sites excluding steroid dienone is 1. The van der Waals surface area contributed by atoms with Crippen LogP contribution >= 0.6 is 0 Å². The summed E-state index contributed by atoms with van der Waals surface area (Å²) in [5.41, 5.74) is 7.48. The number of anilines is 2. The Balaban J connectivity index is 1.40. The lowest BCUT2D eigenvalue weighted by molar-refractivity contribution is -0.112. The Morgan fingerprint density at radius 3 is 2.38 bits per heavy atom. The Kier molecular flexibility index (Phi) is 7.34. The molecule has 0 radical (unpaired) electrons. The van der Waals surface area contributed by atoms with E-state index in [4.69, 9.17) is 0 Å². The first-order valence-corrected chi connectivity index (χ1v) is 11.5. The molecule has 1 aliphatic rings. The molecule has 1 amide bonds. The van der Waals surface area contributed by atoms with E-state index < -0.39 is 0 Å². The number of hydrogen-bond acceptors (Lipinski definition) is 3. The van der Waals surface area contributed by atoms with E-state index in [1.54, 1.807) is 0 Å². The third-order valence-corrected chi connectivity index (χ3v) is 5.97. The first-order valence-electron chi connectivity index (χ1n) is 11.5. The fourth-order valence-electron chi connectivity index (χ4n) is 4.16. The van der Waals surface area contributed by atoms with Gasteiger partial charge >= 0.3 is 0 Å². The molecule has 0 spiro atoms. The van der Waals surface area contributed by atoms with Gasteiger partial charge in [0.25, 0.3) is 5.91 Å². The second kappa shape index (κ2) is 10.8. The SMILES string of the molecule is Cc1ccc(C2=C(C(=O)Nc3ccc(NCCc4ccccn4)cc3)CCCCC2)cc1. The number of carbonyl (C=O) groups excluding carboxylic acids is 1. The van der Waals surface area contributed by atoms with E-state index in [0.717, 1.165) is 61.3 Å². The number of nitrogens with one attached hydrogen (secondary N) is 2. The fourth-order valence-corrected chi connectivity index (χ4v) is 4.16. The molecule has 1 aliphatic carbocycles. The standard InChI is InChI=1S/C28H31N3O/c1-21-10-12-22(13-11-21)26-8-3-2-4-9-27(26)28(32)31-25-16-14-24(15-17-25)30-20-18-23-7-5-6-19-29-23/h5-7,10-17,19,30H,2-4,8-9,18,20H2,1H3,(H,31,32). The lowest BCUT2D eigenvalue weighted by Gasteiger charge is -2.14. The molecular formula is C28H31N3O. The third kappa shape index (κ3) is 5.85. The molecule has 1 aromatic heterocycles. The highest BCUT2D eigenvalue weighted by Gasteiger charge is 2.19. The van der Waals surface area contributed by atoms with Crippen molar-refractivity contribution in [2.45, 2.75) is 45.4 Å². The van der Waals surface area contributed by atoms with Crippen LogP contribution in [0.5, 0.6) is 0 Å². The Hall–Kier alpha value is -3.40. The number of nitrogens with zero attached hydrogens (tertiary/aromatic N) is 1. The van der Waals surface area contributed by atoms with Gasteiger partial charge < -0.3 is 10.6 Å². The van der Waals surface area contributed by atoms with Crippen LogP contribution in [0.3, 0.4) is 0 Å². The molecule has 0 unspecified atom stereocenters. The molecule has 4 heteroatoms. The summed E-state index contributed by atoms with van der Waals surface area (Å²) in [5, 5.41) is 6.54. The van der Waals surface area contributed by atoms with Crippen molar-refractivity contribution in [3.05, 3.63) is 95.3 Å². The van der Waals surface area contributed by atoms with Gasteiger partial charge in [0, 0.05) is 41.8 Å². The molecule has 0 bridgehead atoms. The van der Waals surface area contributed by atoms with E-state index in [0.29, 0.717) is 0 Å². The first-order chi connectivity index (χ1) is 15.7. The van der Waals surface area contributed by atoms with Crippen LogP contribution in [0.15, 0.2) is 78.5 Å². The van der Waals surface area contributed by atoms with Crippen LogP contribution in [0.25, 0.3) is 5.57 Å². The van der Waals surface area contributed by atoms with Crippen molar-refractivity contribution in [3.8, 4) is 0 Å². The summed E-state index contributed by atoms with van der Waals surface area (Å²) in [4.78, 5) is 17.5. The predicted octanol–water partition coefficient (Wildman–Crippen LogP) is 6.40. The molecule has 2 N–H and O–H groups in total. The van der Waals surface area contributed by atoms with Gasteiger partial charge in [-0.1, -0.05) is 42.3 Å². The lowest BCUT2D eigenvalue weighted by Crippen LogP contribution is -2.16. The Morgan fingerprint density at radius 1 is 0.875 bits per heavy atom. The van der Waals surface area contributed by atoms with E-state index in [2.05, 4.69) is 46.8 Å². The molecule has 3 aromatic rings. The maximum absolute atomic E-state index is 13.2. The topological polar surface area (TPSA) is 54.0 Å². The summed E-state index contributed by atoms with van der Waals surface area (Å²) < 4.78 is 0. The monoisotopic (exact) mass is 425 g/mol. The molecular weight excluding hydrogens is 394 g/mol. The minimum absolute atomic E-state index is 0.0262. The van der Waals surface area contributed by atoms with Crippen molar-refractivity contribution in [1.29, 1.82) is 0 Å². The normalized spacial score (nSPS) is 14.0. The van der Waals surface area contributed by atoms with Gasteiger partial charge in [0.05, 0.1) is 0 Å². The van der Waals surface area contributed by atoms with Crippen molar-refractivity contribution >= 4 is 22.9 Å². The van der Waals surface area contributed by atoms with Gasteiger partial charge in [-0.2, -0.15) is 0 Å². The molecule has 0 fully saturated rings. The molecule has 0 saturated carbocycles. The quantitative estimate of drug-likeness (QED) is 0.460. The van der Waals surface area contributed by atoms with Crippen LogP contribution in [0.1, 0.15) is 48.9 Å². The van der Waals surface area contributed by atoms with Crippen molar-refractivity contribution < 1.29 is 4.79 Å². The molecule has 0 saturated heterocycles. The number of amides is 1. The van der Waals surface area contributed by atoms with Crippen molar-refractivity contribution in [2.75, 3.05) is 17.2 Å². The molecule has 1 heterocycles. The zero-order valence-corrected chi connectivity index (χ0v) is 18.7. The number of hydrogen-bond donors (Lipinski definition) is 2. The van der Waals surface area contributed by atoms with Gasteiger partial charge in [0.1, 0.15) is 0 Å². The largest absolute Gasteiger partial charge is 0.385 e. The highest BCUT2D eigenvalue weighted by molar-refractivity contribution is 6.09. The van der Waals surface area contributed by atoms with Gasteiger partial charge in [-0.05, 0) is 80.1 Å². The molecule has 164 valence electrons. The summed E-state index contributed by atoms with van der Waals surface area (Å²) >= 11 is 0. The number of aromatic nitrogens is 1. The zero-order chi connectivity index (χ0) is 22.2. The molecule has 2 aromatic carbocycles. The van der Waals surface area contributed by atoms with Crippen LogP contribution in [-0.2, 0) is 11.2 Å². The van der Waals surface area contributed by atoms with Crippen LogP contribution in [0.4, 0.5) is 11.4 Å². The van der Waals surface area contributed by atoms with Gasteiger partial charge in [0.15, 0.2) is 0 Å². The van der Waals surface area contributed by atoms with Crippen molar-refractivity contribution in [1.82, 2.24) is 4.98 Å². The van der Waals surface area contributed by atoms with E-state index in [1.807, 2.05) is 48.7 Å². The number of benzene rings is 2. The number of rotatable bonds is 7. The summed E-state index contributed by atoms with van der Waals surface area (Å²) in [6.07, 6.45) is 7.87. The second-order valence-electron chi connectivity index (χ2n) is 8.41. The average Bonchev–Trinajstić information content (AvgIpc) is 3.08. The zero-order valence-electron chi connectivity index (χ0n) is 18.7. The van der Waals surface area contributed by atoms with E-state index in [1.165, 1.54) is 23.1 Å². The van der Waals surface area contributed by atoms with Crippen LogP contribution in [0.2, 0.25) is 0 Å². The van der Waals surface area contributed by atoms with Gasteiger partial charge in [-0.15, -0.1) is 0 Å². The summed E-state index contributed by atoms with van der Waals surface area (Å²) in [6.45, 7) is 2.91. The maximum atomic E-state index is 13.2. The van der Waals surface area contributed by atoms with Crippen LogP contribution < -0.4 is 10.6 Å². The van der Waals surface area contributed by atoms with Gasteiger partial charge in [-0.3, -0.25) is 9.78 Å². The molecule has 4 rings (SSSR count). The predicted molar refractivity (Wildman–Crippen MR) is 133 cm³/mol. The smallest absolute Gasteiger partial charge is 0.251 e. The van der Waals surface area contributed by atoms with Crippen molar-refractivity contribution in [2.24, 2.45) is 0 Å². The van der Waals surface area contributed by atoms with E-state index >= 15 is 0 Å². The highest BCUT2D eigenvalue weighted by atomic mass is 16.1. The summed E-state index contributed by atoms with van der Waals surface area (Å²) in [5.74, 6) is 0.0262. The third-order valence-electron chi connectivity index (χ3n) is 5.97. The van der Waals surface area contributed by atoms with Crippen molar-refractivity contribution in [3.63, 3.8) is 0 Å². The van der Waals surface area contributed by atoms with Crippen LogP contribution in [-0.4, -0.2) is 17.4 Å². The van der Waals surface area contributed by atoms with Crippen LogP contribution in [0, 0.1) is 6.92 Å². The molecule has 0 aliphatic heterocycles. The molecule has 4 nitrogen and oxygen atoms in total. The highest BCUT2D eigenvalue weighted by Crippen LogP contribution is 2.32. The van der Waals surface area contributed by atoms with E-state index in [-0.39, 0.29) is 5.91 Å². The molecule has 0 atom stereocenters. The summed E-state index contributed by atoms with van der Waals surface area (Å²) in [7, 11) is 0. The fraction of sp³-hybridized carbons (Fsp3) is 0.286. The number of pyridine rings is 1. The first kappa shape index (κ1) is 21.8. The Bertz CT molecular complexity index is 1050. The van der Waals surface area contributed by atoms with Gasteiger partial charge in [-0.25, -0.2) is 0 Å². The Morgan fingerprint density at radius 2 is 1.62 bits per heavy atom. The van der Waals surface area contributed by atoms with E-state index in [9.17, 15) is 4.79 Å². The summed E-state index contributed by atoms with van der Waals surface area (Å²) in [6, 6.07) is 22.5. The maximum Gasteiger partial charge on any atom is 0.251 e. The number of aryl methyl sites for hydroxylation is 1. The Labute approximate surface area is 190 Å².